The van der Waals surface area contributed by atoms with Gasteiger partial charge in [-0.05, 0) is 18.2 Å². The molecule has 1 aromatic heterocycles. The zero-order valence-corrected chi connectivity index (χ0v) is 14.7. The van der Waals surface area contributed by atoms with Crippen LogP contribution in [-0.4, -0.2) is 34.5 Å². The number of hydrogen-bond donors (Lipinski definition) is 1. The van der Waals surface area contributed by atoms with Gasteiger partial charge in [0.2, 0.25) is 0 Å². The van der Waals surface area contributed by atoms with Crippen molar-refractivity contribution in [3.8, 4) is 11.4 Å². The van der Waals surface area contributed by atoms with E-state index in [1.54, 1.807) is 0 Å². The van der Waals surface area contributed by atoms with Crippen LogP contribution in [-0.2, 0) is 16.4 Å². The zero-order valence-electron chi connectivity index (χ0n) is 13.9. The van der Waals surface area contributed by atoms with E-state index < -0.39 is 80.3 Å². The number of alkyl halides is 7. The molecule has 1 aliphatic heterocycles. The van der Waals surface area contributed by atoms with Crippen LogP contribution in [0.25, 0.3) is 11.4 Å². The van der Waals surface area contributed by atoms with Gasteiger partial charge in [0, 0.05) is 18.5 Å². The minimum atomic E-state index is -6.27. The Morgan fingerprint density at radius 2 is 1.86 bits per heavy atom. The van der Waals surface area contributed by atoms with E-state index in [0.29, 0.717) is 16.7 Å². The average molecular weight is 450 g/mol. The molecule has 2 heterocycles. The molecule has 0 spiro atoms. The molecule has 0 saturated heterocycles. The molecule has 0 bridgehead atoms. The van der Waals surface area contributed by atoms with Gasteiger partial charge in [-0.15, -0.1) is 0 Å². The Hall–Kier alpha value is -2.22. The first kappa shape index (κ1) is 21.5. The van der Waals surface area contributed by atoms with Crippen LogP contribution in [0.5, 0.6) is 0 Å². The van der Waals surface area contributed by atoms with Crippen molar-refractivity contribution in [1.29, 1.82) is 0 Å². The Morgan fingerprint density at radius 1 is 1.24 bits per heavy atom. The number of aromatic nitrogens is 2. The lowest BCUT2D eigenvalue weighted by Crippen LogP contribution is -2.36. The van der Waals surface area contributed by atoms with Crippen LogP contribution in [0, 0.1) is 5.82 Å². The molecular formula is C15H10F8N2O3S. The summed E-state index contributed by atoms with van der Waals surface area (Å²) in [5.41, 5.74) is -8.84. The molecule has 2 aromatic rings. The first-order valence-electron chi connectivity index (χ1n) is 7.74. The lowest BCUT2D eigenvalue weighted by atomic mass is 10.0. The Bertz CT molecular complexity index is 1060. The third-order valence-corrected chi connectivity index (χ3v) is 5.77. The van der Waals surface area contributed by atoms with Gasteiger partial charge >= 0.3 is 5.51 Å². The summed E-state index contributed by atoms with van der Waals surface area (Å²) in [6, 6.07) is 1.88. The summed E-state index contributed by atoms with van der Waals surface area (Å²) in [7, 11) is -6.27. The fourth-order valence-corrected chi connectivity index (χ4v) is 3.83. The maximum atomic E-state index is 13.9. The third kappa shape index (κ3) is 3.37. The summed E-state index contributed by atoms with van der Waals surface area (Å²) in [6.45, 7) is -0.767. The predicted octanol–water partition coefficient (Wildman–Crippen LogP) is 3.99. The van der Waals surface area contributed by atoms with Crippen LogP contribution < -0.4 is 0 Å². The average Bonchev–Trinajstić information content (AvgIpc) is 2.98. The number of aliphatic hydroxyl groups is 1. The minimum absolute atomic E-state index is 0.441. The third-order valence-electron chi connectivity index (χ3n) is 4.35. The molecule has 1 aliphatic rings. The largest absolute Gasteiger partial charge is 0.503 e. The number of hydrogen-bond acceptors (Lipinski definition) is 4. The highest BCUT2D eigenvalue weighted by molar-refractivity contribution is 7.92. The Morgan fingerprint density at radius 3 is 2.41 bits per heavy atom. The van der Waals surface area contributed by atoms with Crippen LogP contribution in [0.4, 0.5) is 35.1 Å². The van der Waals surface area contributed by atoms with E-state index in [-0.39, 0.29) is 0 Å². The topological polar surface area (TPSA) is 72.2 Å². The smallest absolute Gasteiger partial charge is 0.380 e. The Kier molecular flexibility index (Phi) is 4.93. The van der Waals surface area contributed by atoms with Crippen LogP contribution in [0.15, 0.2) is 23.2 Å². The normalized spacial score (nSPS) is 19.4. The number of benzene rings is 1. The van der Waals surface area contributed by atoms with Gasteiger partial charge in [-0.25, -0.2) is 35.4 Å². The Labute approximate surface area is 157 Å². The fourth-order valence-electron chi connectivity index (χ4n) is 2.91. The zero-order chi connectivity index (χ0) is 21.9. The Balaban J connectivity index is 2.33. The number of fused-ring (bicyclic) bond motifs is 1. The molecule has 160 valence electrons. The monoisotopic (exact) mass is 450 g/mol. The summed E-state index contributed by atoms with van der Waals surface area (Å²) >= 11 is 0. The second-order valence-corrected chi connectivity index (χ2v) is 8.03. The second-order valence-electron chi connectivity index (χ2n) is 6.18. The SMILES string of the molecule is O=S(=O)(c1nc(-c2ccc(F)c(C(F)F)c2)n2c1[C@H](O)C(F)(F)CC2)C(F)(F)F. The van der Waals surface area contributed by atoms with Crippen molar-refractivity contribution in [3.63, 3.8) is 0 Å². The summed E-state index contributed by atoms with van der Waals surface area (Å²) in [5.74, 6) is -6.01. The maximum absolute atomic E-state index is 13.9. The summed E-state index contributed by atoms with van der Waals surface area (Å²) in [4.78, 5) is 3.24. The highest BCUT2D eigenvalue weighted by atomic mass is 32.2. The van der Waals surface area contributed by atoms with E-state index in [1.807, 2.05) is 0 Å². The molecular weight excluding hydrogens is 440 g/mol. The molecule has 5 nitrogen and oxygen atoms in total. The quantitative estimate of drug-likeness (QED) is 0.718. The van der Waals surface area contributed by atoms with Crippen molar-refractivity contribution in [3.05, 3.63) is 35.3 Å². The van der Waals surface area contributed by atoms with Gasteiger partial charge in [0.15, 0.2) is 11.1 Å². The molecule has 1 N–H and O–H groups in total. The lowest BCUT2D eigenvalue weighted by Gasteiger charge is -2.30. The van der Waals surface area contributed by atoms with Crippen molar-refractivity contribution in [1.82, 2.24) is 9.55 Å². The van der Waals surface area contributed by atoms with Crippen molar-refractivity contribution in [2.24, 2.45) is 0 Å². The summed E-state index contributed by atoms with van der Waals surface area (Å²) < 4.78 is 130. The molecule has 29 heavy (non-hydrogen) atoms. The molecule has 0 unspecified atom stereocenters. The molecule has 0 amide bonds. The van der Waals surface area contributed by atoms with Gasteiger partial charge in [-0.2, -0.15) is 13.2 Å². The maximum Gasteiger partial charge on any atom is 0.503 e. The van der Waals surface area contributed by atoms with Crippen LogP contribution in [0.1, 0.15) is 30.2 Å². The molecule has 0 aliphatic carbocycles. The van der Waals surface area contributed by atoms with Gasteiger partial charge in [-0.3, -0.25) is 0 Å². The molecule has 1 atom stereocenters. The van der Waals surface area contributed by atoms with Crippen molar-refractivity contribution in [2.45, 2.75) is 42.0 Å². The van der Waals surface area contributed by atoms with E-state index in [2.05, 4.69) is 4.98 Å². The summed E-state index contributed by atoms with van der Waals surface area (Å²) in [6.07, 6.45) is -7.35. The molecule has 0 radical (unpaired) electrons. The number of halogens is 8. The van der Waals surface area contributed by atoms with Gasteiger partial charge in [0.05, 0.1) is 11.3 Å². The highest BCUT2D eigenvalue weighted by Crippen LogP contribution is 2.45. The first-order valence-corrected chi connectivity index (χ1v) is 9.22. The van der Waals surface area contributed by atoms with Gasteiger partial charge in [-0.1, -0.05) is 0 Å². The number of sulfone groups is 1. The molecule has 0 fully saturated rings. The number of rotatable bonds is 3. The van der Waals surface area contributed by atoms with E-state index in [9.17, 15) is 48.6 Å². The number of aliphatic hydroxyl groups excluding tert-OH is 1. The predicted molar refractivity (Wildman–Crippen MR) is 80.3 cm³/mol. The van der Waals surface area contributed by atoms with Crippen molar-refractivity contribution < 1.29 is 48.6 Å². The van der Waals surface area contributed by atoms with Gasteiger partial charge < -0.3 is 9.67 Å². The molecule has 0 saturated carbocycles. The van der Waals surface area contributed by atoms with Gasteiger partial charge in [0.1, 0.15) is 11.6 Å². The van der Waals surface area contributed by atoms with E-state index in [1.165, 1.54) is 0 Å². The highest BCUT2D eigenvalue weighted by Gasteiger charge is 2.55. The standard InChI is InChI=1S/C15H10F8N2O3S/c16-8-2-1-6(5-7(8)11(17)18)12-24-13(29(27,28)15(21,22)23)9-10(26)14(19,20)3-4-25(9)12/h1-2,5,10-11,26H,3-4H2/t10-/m0/s1. The number of imidazole rings is 1. The lowest BCUT2D eigenvalue weighted by molar-refractivity contribution is -0.132. The summed E-state index contributed by atoms with van der Waals surface area (Å²) in [5, 5.41) is 7.96. The van der Waals surface area contributed by atoms with Crippen molar-refractivity contribution >= 4 is 9.84 Å². The van der Waals surface area contributed by atoms with Crippen LogP contribution in [0.2, 0.25) is 0 Å². The van der Waals surface area contributed by atoms with E-state index in [4.69, 9.17) is 0 Å². The van der Waals surface area contributed by atoms with E-state index in [0.717, 1.165) is 6.07 Å². The van der Waals surface area contributed by atoms with E-state index >= 15 is 0 Å². The van der Waals surface area contributed by atoms with Gasteiger partial charge in [0.25, 0.3) is 22.2 Å². The fraction of sp³-hybridized carbons (Fsp3) is 0.400. The van der Waals surface area contributed by atoms with Crippen molar-refractivity contribution in [2.75, 3.05) is 0 Å². The first-order chi connectivity index (χ1) is 13.2. The minimum Gasteiger partial charge on any atom is -0.380 e. The second kappa shape index (κ2) is 6.65. The molecule has 3 rings (SSSR count). The number of nitrogens with zero attached hydrogens (tertiary/aromatic N) is 2. The van der Waals surface area contributed by atoms with Crippen LogP contribution >= 0.6 is 0 Å². The molecule has 1 aromatic carbocycles. The molecule has 14 heteroatoms. The van der Waals surface area contributed by atoms with Crippen LogP contribution in [0.3, 0.4) is 0 Å².